The minimum absolute atomic E-state index is 0.00450. The van der Waals surface area contributed by atoms with Gasteiger partial charge in [-0.15, -0.1) is 0 Å². The molecule has 1 amide bonds. The van der Waals surface area contributed by atoms with Gasteiger partial charge in [-0.2, -0.15) is 4.98 Å². The second-order valence-corrected chi connectivity index (χ2v) is 9.90. The Kier molecular flexibility index (Phi) is 6.66. The highest BCUT2D eigenvalue weighted by atomic mass is 16.5. The van der Waals surface area contributed by atoms with Gasteiger partial charge in [0.15, 0.2) is 0 Å². The van der Waals surface area contributed by atoms with Gasteiger partial charge < -0.3 is 14.3 Å². The first-order valence-corrected chi connectivity index (χ1v) is 12.6. The topological polar surface area (TPSA) is 62.5 Å². The van der Waals surface area contributed by atoms with Gasteiger partial charge in [0.2, 0.25) is 17.6 Å². The fourth-order valence-electron chi connectivity index (χ4n) is 5.29. The zero-order valence-electron chi connectivity index (χ0n) is 20.2. The van der Waals surface area contributed by atoms with E-state index in [4.69, 9.17) is 4.52 Å². The number of carbonyl (C=O) groups is 1. The third-order valence-corrected chi connectivity index (χ3v) is 7.30. The summed E-state index contributed by atoms with van der Waals surface area (Å²) in [6.07, 6.45) is 6.42. The molecule has 2 aliphatic rings. The maximum atomic E-state index is 13.8. The van der Waals surface area contributed by atoms with Crippen molar-refractivity contribution in [2.75, 3.05) is 18.0 Å². The summed E-state index contributed by atoms with van der Waals surface area (Å²) in [6, 6.07) is 17.0. The molecular formula is C28H34N4O2. The normalized spacial score (nSPS) is 18.9. The highest BCUT2D eigenvalue weighted by molar-refractivity contribution is 5.80. The monoisotopic (exact) mass is 458 g/mol. The minimum atomic E-state index is -0.00450. The zero-order valence-corrected chi connectivity index (χ0v) is 20.2. The van der Waals surface area contributed by atoms with E-state index >= 15 is 0 Å². The maximum absolute atomic E-state index is 13.8. The summed E-state index contributed by atoms with van der Waals surface area (Å²) in [6.45, 7) is 6.32. The molecule has 2 heterocycles. The van der Waals surface area contributed by atoms with Crippen molar-refractivity contribution >= 4 is 11.6 Å². The Hall–Kier alpha value is -3.15. The van der Waals surface area contributed by atoms with Gasteiger partial charge in [-0.05, 0) is 51.7 Å². The number of hydrogen-bond donors (Lipinski definition) is 0. The fraction of sp³-hybridized carbons (Fsp3) is 0.464. The van der Waals surface area contributed by atoms with Crippen LogP contribution in [0.4, 0.5) is 5.69 Å². The Morgan fingerprint density at radius 3 is 2.35 bits per heavy atom. The molecule has 34 heavy (non-hydrogen) atoms. The van der Waals surface area contributed by atoms with Crippen LogP contribution in [0.5, 0.6) is 0 Å². The molecule has 1 aromatic heterocycles. The molecule has 6 heteroatoms. The second-order valence-electron chi connectivity index (χ2n) is 9.90. The Morgan fingerprint density at radius 1 is 0.971 bits per heavy atom. The number of hydrogen-bond acceptors (Lipinski definition) is 5. The van der Waals surface area contributed by atoms with Crippen LogP contribution in [0, 0.1) is 19.8 Å². The lowest BCUT2D eigenvalue weighted by atomic mass is 9.95. The Labute approximate surface area is 202 Å². The number of rotatable bonds is 6. The lowest BCUT2D eigenvalue weighted by Crippen LogP contribution is -2.47. The van der Waals surface area contributed by atoms with Crippen molar-refractivity contribution in [3.8, 4) is 11.4 Å². The molecule has 1 atom stereocenters. The summed E-state index contributed by atoms with van der Waals surface area (Å²) in [5.74, 6) is 1.33. The lowest BCUT2D eigenvalue weighted by Gasteiger charge is -2.37. The number of piperidine rings is 1. The number of benzene rings is 2. The average molecular weight is 459 g/mol. The Morgan fingerprint density at radius 2 is 1.65 bits per heavy atom. The molecule has 1 aliphatic heterocycles. The molecular weight excluding hydrogens is 424 g/mol. The predicted octanol–water partition coefficient (Wildman–Crippen LogP) is 5.54. The standard InChI is InChI=1S/C28H34N4O2/c1-20-9-13-22(14-10-20)27-29-26(34-30-27)19-32(25-7-3-4-8-25)28(33)23-6-5-17-31(18-23)24-15-11-21(2)12-16-24/h9-16,23,25H,3-8,17-19H2,1-2H3/t23-/m1/s1. The van der Waals surface area contributed by atoms with Crippen molar-refractivity contribution < 1.29 is 9.32 Å². The van der Waals surface area contributed by atoms with Crippen LogP contribution in [0.25, 0.3) is 11.4 Å². The molecule has 0 spiro atoms. The van der Waals surface area contributed by atoms with Crippen LogP contribution < -0.4 is 4.90 Å². The molecule has 6 nitrogen and oxygen atoms in total. The summed E-state index contributed by atoms with van der Waals surface area (Å²) >= 11 is 0. The SMILES string of the molecule is Cc1ccc(-c2noc(CN(C(=O)[C@@H]3CCCN(c4ccc(C)cc4)C3)C3CCCC3)n2)cc1. The number of amides is 1. The van der Waals surface area contributed by atoms with Gasteiger partial charge in [-0.1, -0.05) is 65.5 Å². The van der Waals surface area contributed by atoms with E-state index in [-0.39, 0.29) is 17.9 Å². The Balaban J connectivity index is 1.32. The minimum Gasteiger partial charge on any atom is -0.371 e. The summed E-state index contributed by atoms with van der Waals surface area (Å²) in [7, 11) is 0. The molecule has 2 fully saturated rings. The molecule has 1 saturated heterocycles. The molecule has 0 radical (unpaired) electrons. The maximum Gasteiger partial charge on any atom is 0.246 e. The molecule has 0 N–H and O–H groups in total. The summed E-state index contributed by atoms with van der Waals surface area (Å²) in [5.41, 5.74) is 4.58. The van der Waals surface area contributed by atoms with Crippen molar-refractivity contribution in [1.82, 2.24) is 15.0 Å². The second kappa shape index (κ2) is 10.00. The predicted molar refractivity (Wildman–Crippen MR) is 133 cm³/mol. The number of carbonyl (C=O) groups excluding carboxylic acids is 1. The van der Waals surface area contributed by atoms with Gasteiger partial charge in [-0.25, -0.2) is 0 Å². The van der Waals surface area contributed by atoms with Crippen molar-refractivity contribution in [2.45, 2.75) is 65.0 Å². The highest BCUT2D eigenvalue weighted by Crippen LogP contribution is 2.30. The van der Waals surface area contributed by atoms with E-state index in [1.54, 1.807) is 0 Å². The van der Waals surface area contributed by atoms with Crippen molar-refractivity contribution in [1.29, 1.82) is 0 Å². The molecule has 0 unspecified atom stereocenters. The fourth-order valence-corrected chi connectivity index (χ4v) is 5.29. The van der Waals surface area contributed by atoms with Gasteiger partial charge in [0, 0.05) is 30.4 Å². The highest BCUT2D eigenvalue weighted by Gasteiger charge is 2.35. The number of aryl methyl sites for hydroxylation is 2. The quantitative estimate of drug-likeness (QED) is 0.485. The summed E-state index contributed by atoms with van der Waals surface area (Å²) in [5, 5.41) is 4.19. The first kappa shape index (κ1) is 22.6. The van der Waals surface area contributed by atoms with E-state index in [2.05, 4.69) is 53.2 Å². The summed E-state index contributed by atoms with van der Waals surface area (Å²) in [4.78, 5) is 22.9. The van der Waals surface area contributed by atoms with Gasteiger partial charge in [0.25, 0.3) is 0 Å². The van der Waals surface area contributed by atoms with E-state index in [0.717, 1.165) is 44.3 Å². The summed E-state index contributed by atoms with van der Waals surface area (Å²) < 4.78 is 5.61. The first-order valence-electron chi connectivity index (χ1n) is 12.6. The number of aromatic nitrogens is 2. The smallest absolute Gasteiger partial charge is 0.246 e. The molecule has 0 bridgehead atoms. The van der Waals surface area contributed by atoms with Crippen molar-refractivity contribution in [2.24, 2.45) is 5.92 Å². The van der Waals surface area contributed by atoms with Crippen LogP contribution in [-0.4, -0.2) is 40.1 Å². The molecule has 178 valence electrons. The first-order chi connectivity index (χ1) is 16.6. The van der Waals surface area contributed by atoms with E-state index in [1.165, 1.54) is 29.7 Å². The van der Waals surface area contributed by atoms with Crippen LogP contribution in [-0.2, 0) is 11.3 Å². The van der Waals surface area contributed by atoms with Gasteiger partial charge in [0.05, 0.1) is 5.92 Å². The van der Waals surface area contributed by atoms with E-state index in [0.29, 0.717) is 18.3 Å². The molecule has 1 aliphatic carbocycles. The van der Waals surface area contributed by atoms with Crippen molar-refractivity contribution in [3.63, 3.8) is 0 Å². The number of nitrogens with zero attached hydrogens (tertiary/aromatic N) is 4. The van der Waals surface area contributed by atoms with Gasteiger partial charge in [0.1, 0.15) is 6.54 Å². The molecule has 3 aromatic rings. The van der Waals surface area contributed by atoms with Crippen LogP contribution in [0.15, 0.2) is 53.1 Å². The van der Waals surface area contributed by atoms with Crippen LogP contribution >= 0.6 is 0 Å². The largest absolute Gasteiger partial charge is 0.371 e. The number of anilines is 1. The van der Waals surface area contributed by atoms with Crippen molar-refractivity contribution in [3.05, 3.63) is 65.5 Å². The molecule has 1 saturated carbocycles. The average Bonchev–Trinajstić information content (AvgIpc) is 3.56. The van der Waals surface area contributed by atoms with E-state index in [9.17, 15) is 4.79 Å². The van der Waals surface area contributed by atoms with Gasteiger partial charge in [-0.3, -0.25) is 4.79 Å². The molecule has 2 aromatic carbocycles. The molecule has 5 rings (SSSR count). The van der Waals surface area contributed by atoms with Crippen LogP contribution in [0.2, 0.25) is 0 Å². The van der Waals surface area contributed by atoms with Crippen LogP contribution in [0.3, 0.4) is 0 Å². The zero-order chi connectivity index (χ0) is 23.5. The third-order valence-electron chi connectivity index (χ3n) is 7.30. The van der Waals surface area contributed by atoms with Gasteiger partial charge >= 0.3 is 0 Å². The lowest BCUT2D eigenvalue weighted by molar-refractivity contribution is -0.139. The Bertz CT molecular complexity index is 1100. The van der Waals surface area contributed by atoms with E-state index in [1.807, 2.05) is 29.2 Å². The third kappa shape index (κ3) is 5.01. The van der Waals surface area contributed by atoms with E-state index < -0.39 is 0 Å². The van der Waals surface area contributed by atoms with Crippen LogP contribution in [0.1, 0.15) is 55.5 Å².